The van der Waals surface area contributed by atoms with E-state index in [4.69, 9.17) is 0 Å². The lowest BCUT2D eigenvalue weighted by Crippen LogP contribution is -2.48. The molecule has 1 saturated heterocycles. The third-order valence-corrected chi connectivity index (χ3v) is 3.01. The molecule has 0 amide bonds. The highest BCUT2D eigenvalue weighted by atomic mass is 15.2. The lowest BCUT2D eigenvalue weighted by atomic mass is 9.99. The molecule has 0 aromatic heterocycles. The average molecular weight is 170 g/mol. The fourth-order valence-electron chi connectivity index (χ4n) is 1.76. The number of hydrogen-bond acceptors (Lipinski definition) is 2. The van der Waals surface area contributed by atoms with Gasteiger partial charge in [0, 0.05) is 17.6 Å². The Kier molecular flexibility index (Phi) is 2.50. The summed E-state index contributed by atoms with van der Waals surface area (Å²) < 4.78 is 0. The number of nitrogens with zero attached hydrogens (tertiary/aromatic N) is 1. The quantitative estimate of drug-likeness (QED) is 0.592. The summed E-state index contributed by atoms with van der Waals surface area (Å²) in [5.74, 6) is 0. The van der Waals surface area contributed by atoms with Crippen molar-refractivity contribution in [2.24, 2.45) is 0 Å². The van der Waals surface area contributed by atoms with Gasteiger partial charge in [0.15, 0.2) is 0 Å². The van der Waals surface area contributed by atoms with Crippen LogP contribution in [0.2, 0.25) is 0 Å². The van der Waals surface area contributed by atoms with Gasteiger partial charge in [0.25, 0.3) is 0 Å². The van der Waals surface area contributed by atoms with Crippen molar-refractivity contribution in [3.05, 3.63) is 0 Å². The molecule has 0 atom stereocenters. The van der Waals surface area contributed by atoms with E-state index < -0.39 is 0 Å². The first-order valence-electron chi connectivity index (χ1n) is 4.80. The predicted octanol–water partition coefficient (Wildman–Crippen LogP) is 1.47. The Morgan fingerprint density at radius 3 is 2.33 bits per heavy atom. The van der Waals surface area contributed by atoms with E-state index in [1.807, 2.05) is 0 Å². The van der Waals surface area contributed by atoms with E-state index in [2.05, 4.69) is 45.0 Å². The first kappa shape index (κ1) is 10.0. The van der Waals surface area contributed by atoms with E-state index in [-0.39, 0.29) is 5.54 Å². The number of hydrogen-bond donors (Lipinski definition) is 1. The minimum atomic E-state index is 0.266. The molecular formula is C10H22N2. The Balaban J connectivity index is 2.69. The van der Waals surface area contributed by atoms with Crippen LogP contribution < -0.4 is 5.32 Å². The topological polar surface area (TPSA) is 15.3 Å². The summed E-state index contributed by atoms with van der Waals surface area (Å²) in [6.45, 7) is 11.4. The summed E-state index contributed by atoms with van der Waals surface area (Å²) in [4.78, 5) is 2.45. The molecule has 1 heterocycles. The molecule has 0 spiro atoms. The molecule has 2 heteroatoms. The molecule has 12 heavy (non-hydrogen) atoms. The minimum absolute atomic E-state index is 0.266. The highest BCUT2D eigenvalue weighted by Crippen LogP contribution is 2.22. The van der Waals surface area contributed by atoms with Crippen LogP contribution in [-0.4, -0.2) is 36.1 Å². The molecule has 72 valence electrons. The van der Waals surface area contributed by atoms with Gasteiger partial charge in [-0.1, -0.05) is 0 Å². The Hall–Kier alpha value is -0.0800. The molecule has 0 unspecified atom stereocenters. The number of nitrogens with one attached hydrogen (secondary N) is 1. The van der Waals surface area contributed by atoms with Gasteiger partial charge < -0.3 is 5.32 Å². The summed E-state index contributed by atoms with van der Waals surface area (Å²) in [5, 5.41) is 3.57. The lowest BCUT2D eigenvalue weighted by Gasteiger charge is -2.36. The van der Waals surface area contributed by atoms with Gasteiger partial charge in [0.05, 0.1) is 0 Å². The summed E-state index contributed by atoms with van der Waals surface area (Å²) in [7, 11) is 2.22. The van der Waals surface area contributed by atoms with E-state index in [0.29, 0.717) is 5.54 Å². The molecular weight excluding hydrogens is 148 g/mol. The van der Waals surface area contributed by atoms with Gasteiger partial charge in [0.1, 0.15) is 0 Å². The van der Waals surface area contributed by atoms with Crippen LogP contribution in [0.3, 0.4) is 0 Å². The summed E-state index contributed by atoms with van der Waals surface area (Å²) >= 11 is 0. The van der Waals surface area contributed by atoms with Crippen LogP contribution >= 0.6 is 0 Å². The zero-order valence-electron chi connectivity index (χ0n) is 9.07. The van der Waals surface area contributed by atoms with E-state index in [0.717, 1.165) is 13.1 Å². The Morgan fingerprint density at radius 1 is 1.17 bits per heavy atom. The van der Waals surface area contributed by atoms with Crippen LogP contribution in [0.1, 0.15) is 34.1 Å². The third-order valence-electron chi connectivity index (χ3n) is 3.01. The van der Waals surface area contributed by atoms with Crippen molar-refractivity contribution in [1.82, 2.24) is 10.2 Å². The van der Waals surface area contributed by atoms with E-state index in [1.165, 1.54) is 6.42 Å². The second kappa shape index (κ2) is 3.00. The van der Waals surface area contributed by atoms with Gasteiger partial charge in [-0.3, -0.25) is 4.90 Å². The largest absolute Gasteiger partial charge is 0.310 e. The fourth-order valence-corrected chi connectivity index (χ4v) is 1.76. The van der Waals surface area contributed by atoms with Crippen molar-refractivity contribution >= 4 is 0 Å². The molecule has 0 saturated carbocycles. The first-order valence-corrected chi connectivity index (χ1v) is 4.80. The van der Waals surface area contributed by atoms with Crippen LogP contribution in [0.15, 0.2) is 0 Å². The van der Waals surface area contributed by atoms with E-state index in [1.54, 1.807) is 0 Å². The van der Waals surface area contributed by atoms with Crippen molar-refractivity contribution in [3.8, 4) is 0 Å². The second-order valence-corrected chi connectivity index (χ2v) is 5.23. The molecule has 0 aromatic carbocycles. The van der Waals surface area contributed by atoms with Gasteiger partial charge in [-0.15, -0.1) is 0 Å². The van der Waals surface area contributed by atoms with Crippen LogP contribution in [0, 0.1) is 0 Å². The second-order valence-electron chi connectivity index (χ2n) is 5.23. The maximum absolute atomic E-state index is 3.57. The first-order chi connectivity index (χ1) is 5.33. The van der Waals surface area contributed by atoms with Crippen molar-refractivity contribution in [2.75, 3.05) is 20.1 Å². The molecule has 1 aliphatic rings. The minimum Gasteiger partial charge on any atom is -0.310 e. The fraction of sp³-hybridized carbons (Fsp3) is 1.00. The van der Waals surface area contributed by atoms with Gasteiger partial charge in [-0.25, -0.2) is 0 Å². The molecule has 0 radical (unpaired) electrons. The van der Waals surface area contributed by atoms with Crippen molar-refractivity contribution < 1.29 is 0 Å². The summed E-state index contributed by atoms with van der Waals surface area (Å²) in [6, 6.07) is 0. The maximum Gasteiger partial charge on any atom is 0.0252 e. The summed E-state index contributed by atoms with van der Waals surface area (Å²) in [6.07, 6.45) is 1.23. The van der Waals surface area contributed by atoms with Gasteiger partial charge in [0.2, 0.25) is 0 Å². The van der Waals surface area contributed by atoms with Gasteiger partial charge in [-0.05, 0) is 47.7 Å². The van der Waals surface area contributed by atoms with Crippen LogP contribution in [0.25, 0.3) is 0 Å². The highest BCUT2D eigenvalue weighted by molar-refractivity contribution is 4.92. The Bertz CT molecular complexity index is 161. The molecule has 0 bridgehead atoms. The van der Waals surface area contributed by atoms with Gasteiger partial charge in [-0.2, -0.15) is 0 Å². The van der Waals surface area contributed by atoms with Crippen molar-refractivity contribution in [3.63, 3.8) is 0 Å². The maximum atomic E-state index is 3.57. The molecule has 2 nitrogen and oxygen atoms in total. The monoisotopic (exact) mass is 170 g/mol. The number of likely N-dealkylation sites (N-methyl/N-ethyl adjacent to an activating group) is 1. The SMILES string of the molecule is CN1CC(C)(C)NCCC1(C)C. The Labute approximate surface area is 76.3 Å². The Morgan fingerprint density at radius 2 is 1.75 bits per heavy atom. The molecule has 1 fully saturated rings. The standard InChI is InChI=1S/C10H22N2/c1-9(2)8-12(5)10(3,4)6-7-11-9/h11H,6-8H2,1-5H3. The van der Waals surface area contributed by atoms with Crippen LogP contribution in [0.4, 0.5) is 0 Å². The normalized spacial score (nSPS) is 29.8. The van der Waals surface area contributed by atoms with Crippen molar-refractivity contribution in [1.29, 1.82) is 0 Å². The zero-order chi connectivity index (χ0) is 9.41. The van der Waals surface area contributed by atoms with E-state index >= 15 is 0 Å². The zero-order valence-corrected chi connectivity index (χ0v) is 9.07. The third kappa shape index (κ3) is 2.20. The smallest absolute Gasteiger partial charge is 0.0252 e. The highest BCUT2D eigenvalue weighted by Gasteiger charge is 2.32. The predicted molar refractivity (Wildman–Crippen MR) is 53.4 cm³/mol. The van der Waals surface area contributed by atoms with Gasteiger partial charge >= 0.3 is 0 Å². The average Bonchev–Trinajstić information content (AvgIpc) is 1.90. The molecule has 0 aliphatic carbocycles. The summed E-state index contributed by atoms with van der Waals surface area (Å²) in [5.41, 5.74) is 0.614. The molecule has 1 aliphatic heterocycles. The molecule has 1 rings (SSSR count). The lowest BCUT2D eigenvalue weighted by molar-refractivity contribution is 0.141. The van der Waals surface area contributed by atoms with Crippen LogP contribution in [-0.2, 0) is 0 Å². The molecule has 0 aromatic rings. The van der Waals surface area contributed by atoms with Crippen LogP contribution in [0.5, 0.6) is 0 Å². The van der Waals surface area contributed by atoms with Crippen molar-refractivity contribution in [2.45, 2.75) is 45.2 Å². The van der Waals surface area contributed by atoms with E-state index in [9.17, 15) is 0 Å². The molecule has 1 N–H and O–H groups in total. The number of rotatable bonds is 0.